The highest BCUT2D eigenvalue weighted by Crippen LogP contribution is 2.29. The largest absolute Gasteiger partial charge is 0.343 e. The topological polar surface area (TPSA) is 46.3 Å². The van der Waals surface area contributed by atoms with Crippen molar-refractivity contribution in [3.8, 4) is 0 Å². The van der Waals surface area contributed by atoms with Gasteiger partial charge in [0.15, 0.2) is 0 Å². The molecule has 0 aromatic carbocycles. The highest BCUT2D eigenvalue weighted by Gasteiger charge is 2.27. The van der Waals surface area contributed by atoms with E-state index in [1.165, 1.54) is 38.5 Å². The van der Waals surface area contributed by atoms with E-state index in [0.29, 0.717) is 23.9 Å². The first-order valence-electron chi connectivity index (χ1n) is 8.07. The van der Waals surface area contributed by atoms with E-state index in [2.05, 4.69) is 6.92 Å². The first-order valence-corrected chi connectivity index (χ1v) is 8.07. The second kappa shape index (κ2) is 6.74. The predicted molar refractivity (Wildman–Crippen MR) is 78.7 cm³/mol. The van der Waals surface area contributed by atoms with Gasteiger partial charge in [-0.2, -0.15) is 0 Å². The van der Waals surface area contributed by atoms with Gasteiger partial charge in [0, 0.05) is 25.6 Å². The Morgan fingerprint density at radius 3 is 2.47 bits per heavy atom. The number of nitrogens with zero attached hydrogens (tertiary/aromatic N) is 1. The summed E-state index contributed by atoms with van der Waals surface area (Å²) in [5.74, 6) is 1.72. The number of nitrogens with two attached hydrogens (primary N) is 1. The van der Waals surface area contributed by atoms with E-state index in [1.807, 2.05) is 11.9 Å². The minimum atomic E-state index is 0.326. The SMILES string of the molecule is CC1CCC(N(C)C(=O)CC2CCCC(N)C2)CC1. The van der Waals surface area contributed by atoms with Crippen LogP contribution >= 0.6 is 0 Å². The van der Waals surface area contributed by atoms with Crippen LogP contribution in [0.3, 0.4) is 0 Å². The zero-order valence-corrected chi connectivity index (χ0v) is 12.6. The summed E-state index contributed by atoms with van der Waals surface area (Å²) < 4.78 is 0. The first-order chi connectivity index (χ1) is 9.06. The van der Waals surface area contributed by atoms with Crippen LogP contribution in [0.5, 0.6) is 0 Å². The van der Waals surface area contributed by atoms with E-state index in [9.17, 15) is 4.79 Å². The maximum Gasteiger partial charge on any atom is 0.222 e. The third-order valence-corrected chi connectivity index (χ3v) is 5.21. The predicted octanol–water partition coefficient (Wildman–Crippen LogP) is 2.93. The van der Waals surface area contributed by atoms with Crippen LogP contribution in [0.25, 0.3) is 0 Å². The van der Waals surface area contributed by atoms with Gasteiger partial charge in [-0.1, -0.05) is 13.3 Å². The molecular weight excluding hydrogens is 236 g/mol. The average molecular weight is 266 g/mol. The number of hydrogen-bond donors (Lipinski definition) is 1. The van der Waals surface area contributed by atoms with Gasteiger partial charge in [-0.15, -0.1) is 0 Å². The van der Waals surface area contributed by atoms with Crippen LogP contribution < -0.4 is 5.73 Å². The lowest BCUT2D eigenvalue weighted by atomic mass is 9.83. The van der Waals surface area contributed by atoms with Crippen molar-refractivity contribution in [2.24, 2.45) is 17.6 Å². The highest BCUT2D eigenvalue weighted by molar-refractivity contribution is 5.76. The molecule has 2 aliphatic carbocycles. The number of amides is 1. The molecule has 2 fully saturated rings. The third kappa shape index (κ3) is 4.20. The van der Waals surface area contributed by atoms with Crippen LogP contribution in [0.4, 0.5) is 0 Å². The summed E-state index contributed by atoms with van der Waals surface area (Å²) in [5.41, 5.74) is 6.01. The Labute approximate surface area is 117 Å². The van der Waals surface area contributed by atoms with Crippen molar-refractivity contribution >= 4 is 5.91 Å². The second-order valence-electron chi connectivity index (χ2n) is 6.92. The van der Waals surface area contributed by atoms with Gasteiger partial charge in [0.05, 0.1) is 0 Å². The van der Waals surface area contributed by atoms with Gasteiger partial charge in [0.25, 0.3) is 0 Å². The van der Waals surface area contributed by atoms with Gasteiger partial charge in [0.1, 0.15) is 0 Å². The van der Waals surface area contributed by atoms with E-state index in [0.717, 1.165) is 25.2 Å². The molecule has 0 aromatic heterocycles. The molecule has 0 aromatic rings. The first kappa shape index (κ1) is 14.8. The average Bonchev–Trinajstić information content (AvgIpc) is 2.39. The normalized spacial score (nSPS) is 35.9. The molecule has 2 N–H and O–H groups in total. The number of carbonyl (C=O) groups excluding carboxylic acids is 1. The van der Waals surface area contributed by atoms with Gasteiger partial charge >= 0.3 is 0 Å². The Balaban J connectivity index is 1.78. The van der Waals surface area contributed by atoms with Gasteiger partial charge in [0.2, 0.25) is 5.91 Å². The third-order valence-electron chi connectivity index (χ3n) is 5.21. The Morgan fingerprint density at radius 2 is 1.84 bits per heavy atom. The molecule has 19 heavy (non-hydrogen) atoms. The molecular formula is C16H30N2O. The van der Waals surface area contributed by atoms with E-state index >= 15 is 0 Å². The Hall–Kier alpha value is -0.570. The van der Waals surface area contributed by atoms with Crippen LogP contribution in [0.1, 0.15) is 64.7 Å². The maximum absolute atomic E-state index is 12.4. The molecule has 2 saturated carbocycles. The smallest absolute Gasteiger partial charge is 0.222 e. The van der Waals surface area contributed by atoms with E-state index < -0.39 is 0 Å². The quantitative estimate of drug-likeness (QED) is 0.853. The second-order valence-corrected chi connectivity index (χ2v) is 6.92. The molecule has 2 aliphatic rings. The lowest BCUT2D eigenvalue weighted by molar-refractivity contribution is -0.134. The van der Waals surface area contributed by atoms with Gasteiger partial charge < -0.3 is 10.6 Å². The number of rotatable bonds is 3. The van der Waals surface area contributed by atoms with Crippen molar-refractivity contribution in [1.29, 1.82) is 0 Å². The van der Waals surface area contributed by atoms with Gasteiger partial charge in [-0.05, 0) is 56.8 Å². The molecule has 3 nitrogen and oxygen atoms in total. The molecule has 0 saturated heterocycles. The molecule has 0 bridgehead atoms. The molecule has 3 heteroatoms. The van der Waals surface area contributed by atoms with Crippen molar-refractivity contribution in [2.75, 3.05) is 7.05 Å². The lowest BCUT2D eigenvalue weighted by Crippen LogP contribution is -2.40. The van der Waals surface area contributed by atoms with Crippen molar-refractivity contribution in [1.82, 2.24) is 4.90 Å². The summed E-state index contributed by atoms with van der Waals surface area (Å²) in [6.07, 6.45) is 10.2. The van der Waals surface area contributed by atoms with Crippen LogP contribution in [0.15, 0.2) is 0 Å². The van der Waals surface area contributed by atoms with Gasteiger partial charge in [-0.3, -0.25) is 4.79 Å². The summed E-state index contributed by atoms with van der Waals surface area (Å²) in [4.78, 5) is 14.4. The summed E-state index contributed by atoms with van der Waals surface area (Å²) in [6.45, 7) is 2.32. The molecule has 0 aliphatic heterocycles. The standard InChI is InChI=1S/C16H30N2O/c1-12-6-8-15(9-7-12)18(2)16(19)11-13-4-3-5-14(17)10-13/h12-15H,3-11,17H2,1-2H3. The fraction of sp³-hybridized carbons (Fsp3) is 0.938. The molecule has 0 heterocycles. The van der Waals surface area contributed by atoms with Crippen LogP contribution in [-0.2, 0) is 4.79 Å². The zero-order valence-electron chi connectivity index (χ0n) is 12.6. The molecule has 0 radical (unpaired) electrons. The van der Waals surface area contributed by atoms with Crippen molar-refractivity contribution in [2.45, 2.75) is 76.8 Å². The van der Waals surface area contributed by atoms with E-state index in [-0.39, 0.29) is 0 Å². The molecule has 110 valence electrons. The molecule has 2 atom stereocenters. The summed E-state index contributed by atoms with van der Waals surface area (Å²) in [7, 11) is 2.01. The van der Waals surface area contributed by atoms with Crippen molar-refractivity contribution in [3.05, 3.63) is 0 Å². The van der Waals surface area contributed by atoms with Crippen molar-refractivity contribution < 1.29 is 4.79 Å². The molecule has 2 rings (SSSR count). The molecule has 1 amide bonds. The minimum Gasteiger partial charge on any atom is -0.343 e. The van der Waals surface area contributed by atoms with E-state index in [1.54, 1.807) is 0 Å². The Kier molecular flexibility index (Phi) is 5.26. The maximum atomic E-state index is 12.4. The van der Waals surface area contributed by atoms with Crippen molar-refractivity contribution in [3.63, 3.8) is 0 Å². The fourth-order valence-electron chi connectivity index (χ4n) is 3.74. The molecule has 0 spiro atoms. The minimum absolute atomic E-state index is 0.326. The number of hydrogen-bond acceptors (Lipinski definition) is 2. The van der Waals surface area contributed by atoms with Crippen LogP contribution in [0.2, 0.25) is 0 Å². The molecule has 2 unspecified atom stereocenters. The highest BCUT2D eigenvalue weighted by atomic mass is 16.2. The van der Waals surface area contributed by atoms with Crippen LogP contribution in [-0.4, -0.2) is 29.9 Å². The summed E-state index contributed by atoms with van der Waals surface area (Å²) in [5, 5.41) is 0. The summed E-state index contributed by atoms with van der Waals surface area (Å²) >= 11 is 0. The summed E-state index contributed by atoms with van der Waals surface area (Å²) in [6, 6.07) is 0.813. The van der Waals surface area contributed by atoms with Crippen LogP contribution in [0, 0.1) is 11.8 Å². The van der Waals surface area contributed by atoms with E-state index in [4.69, 9.17) is 5.73 Å². The van der Waals surface area contributed by atoms with Gasteiger partial charge in [-0.25, -0.2) is 0 Å². The Bertz CT molecular complexity index is 297. The fourth-order valence-corrected chi connectivity index (χ4v) is 3.74. The lowest BCUT2D eigenvalue weighted by Gasteiger charge is -2.35. The zero-order chi connectivity index (χ0) is 13.8. The monoisotopic (exact) mass is 266 g/mol. The Morgan fingerprint density at radius 1 is 1.16 bits per heavy atom. The number of carbonyl (C=O) groups is 1.